The lowest BCUT2D eigenvalue weighted by Gasteiger charge is -2.52. The zero-order valence-electron chi connectivity index (χ0n) is 9.26. The van der Waals surface area contributed by atoms with Gasteiger partial charge in [0.15, 0.2) is 0 Å². The van der Waals surface area contributed by atoms with Crippen LogP contribution in [0.3, 0.4) is 0 Å². The van der Waals surface area contributed by atoms with E-state index < -0.39 is 0 Å². The first kappa shape index (κ1) is 10.4. The summed E-state index contributed by atoms with van der Waals surface area (Å²) >= 11 is 0. The van der Waals surface area contributed by atoms with Crippen LogP contribution in [0.2, 0.25) is 0 Å². The Labute approximate surface area is 87.1 Å². The summed E-state index contributed by atoms with van der Waals surface area (Å²) in [6, 6.07) is 0.706. The maximum absolute atomic E-state index is 9.25. The zero-order chi connectivity index (χ0) is 10.0. The molecule has 0 saturated heterocycles. The number of hydrogen-bond acceptors (Lipinski definition) is 2. The molecule has 2 unspecified atom stereocenters. The molecular weight excluding hydrogens is 174 g/mol. The Kier molecular flexibility index (Phi) is 3.13. The largest absolute Gasteiger partial charge is 0.392 e. The molecule has 2 fully saturated rings. The molecule has 2 aliphatic rings. The fourth-order valence-electron chi connectivity index (χ4n) is 3.18. The van der Waals surface area contributed by atoms with Crippen LogP contribution in [0.1, 0.15) is 51.9 Å². The highest BCUT2D eigenvalue weighted by atomic mass is 16.3. The van der Waals surface area contributed by atoms with Crippen LogP contribution in [0.4, 0.5) is 0 Å². The van der Waals surface area contributed by atoms with Crippen molar-refractivity contribution in [1.82, 2.24) is 5.32 Å². The summed E-state index contributed by atoms with van der Waals surface area (Å²) in [4.78, 5) is 0. The van der Waals surface area contributed by atoms with E-state index in [1.807, 2.05) is 6.92 Å². The first-order valence-corrected chi connectivity index (χ1v) is 6.14. The summed E-state index contributed by atoms with van der Waals surface area (Å²) < 4.78 is 0. The number of rotatable bonds is 3. The third-order valence-electron chi connectivity index (χ3n) is 4.18. The third-order valence-corrected chi connectivity index (χ3v) is 4.18. The Morgan fingerprint density at radius 1 is 1.29 bits per heavy atom. The van der Waals surface area contributed by atoms with Gasteiger partial charge < -0.3 is 10.4 Å². The van der Waals surface area contributed by atoms with Gasteiger partial charge in [-0.2, -0.15) is 0 Å². The van der Waals surface area contributed by atoms with Crippen LogP contribution in [0.15, 0.2) is 0 Å². The van der Waals surface area contributed by atoms with Crippen molar-refractivity contribution >= 4 is 0 Å². The second-order valence-corrected chi connectivity index (χ2v) is 5.27. The van der Waals surface area contributed by atoms with E-state index in [0.29, 0.717) is 11.5 Å². The SMILES string of the molecule is CC(O)CNC1CCC12CCCCC2. The summed E-state index contributed by atoms with van der Waals surface area (Å²) in [6.07, 6.45) is 9.67. The van der Waals surface area contributed by atoms with Crippen molar-refractivity contribution in [1.29, 1.82) is 0 Å². The van der Waals surface area contributed by atoms with Gasteiger partial charge in [-0.3, -0.25) is 0 Å². The average Bonchev–Trinajstić information content (AvgIpc) is 2.17. The molecule has 0 heterocycles. The van der Waals surface area contributed by atoms with Crippen molar-refractivity contribution in [3.8, 4) is 0 Å². The van der Waals surface area contributed by atoms with Crippen molar-refractivity contribution in [2.75, 3.05) is 6.54 Å². The molecule has 0 bridgehead atoms. The molecule has 2 rings (SSSR count). The van der Waals surface area contributed by atoms with E-state index in [9.17, 15) is 5.11 Å². The maximum Gasteiger partial charge on any atom is 0.0636 e. The van der Waals surface area contributed by atoms with Crippen molar-refractivity contribution in [3.05, 3.63) is 0 Å². The molecule has 2 aliphatic carbocycles. The lowest BCUT2D eigenvalue weighted by molar-refractivity contribution is 0.0169. The van der Waals surface area contributed by atoms with Crippen LogP contribution in [0.5, 0.6) is 0 Å². The highest BCUT2D eigenvalue weighted by Gasteiger charge is 2.46. The molecule has 2 nitrogen and oxygen atoms in total. The smallest absolute Gasteiger partial charge is 0.0636 e. The fourth-order valence-corrected chi connectivity index (χ4v) is 3.18. The zero-order valence-corrected chi connectivity index (χ0v) is 9.26. The molecule has 82 valence electrons. The standard InChI is InChI=1S/C12H23NO/c1-10(14)9-13-11-5-8-12(11)6-3-2-4-7-12/h10-11,13-14H,2-9H2,1H3. The van der Waals surface area contributed by atoms with E-state index in [0.717, 1.165) is 6.54 Å². The minimum absolute atomic E-state index is 0.198. The molecule has 0 amide bonds. The first-order chi connectivity index (χ1) is 6.73. The van der Waals surface area contributed by atoms with Gasteiger partial charge in [0.05, 0.1) is 6.10 Å². The van der Waals surface area contributed by atoms with Crippen LogP contribution in [-0.4, -0.2) is 23.8 Å². The number of hydrogen-bond donors (Lipinski definition) is 2. The third kappa shape index (κ3) is 1.96. The molecule has 0 aromatic rings. The van der Waals surface area contributed by atoms with Gasteiger partial charge >= 0.3 is 0 Å². The van der Waals surface area contributed by atoms with E-state index in [1.54, 1.807) is 0 Å². The molecule has 2 N–H and O–H groups in total. The molecule has 14 heavy (non-hydrogen) atoms. The van der Waals surface area contributed by atoms with Crippen LogP contribution in [0.25, 0.3) is 0 Å². The van der Waals surface area contributed by atoms with E-state index in [1.165, 1.54) is 44.9 Å². The number of nitrogens with one attached hydrogen (secondary N) is 1. The topological polar surface area (TPSA) is 32.3 Å². The summed E-state index contributed by atoms with van der Waals surface area (Å²) in [5, 5.41) is 12.8. The molecule has 0 aromatic carbocycles. The Balaban J connectivity index is 1.81. The van der Waals surface area contributed by atoms with Gasteiger partial charge in [0.2, 0.25) is 0 Å². The second kappa shape index (κ2) is 4.19. The first-order valence-electron chi connectivity index (χ1n) is 6.14. The number of aliphatic hydroxyl groups is 1. The molecule has 2 heteroatoms. The van der Waals surface area contributed by atoms with Gasteiger partial charge in [-0.1, -0.05) is 19.3 Å². The Hall–Kier alpha value is -0.0800. The van der Waals surface area contributed by atoms with Gasteiger partial charge in [0.25, 0.3) is 0 Å². The van der Waals surface area contributed by atoms with E-state index >= 15 is 0 Å². The maximum atomic E-state index is 9.25. The van der Waals surface area contributed by atoms with E-state index in [4.69, 9.17) is 0 Å². The molecular formula is C12H23NO. The minimum Gasteiger partial charge on any atom is -0.392 e. The Morgan fingerprint density at radius 3 is 2.50 bits per heavy atom. The summed E-state index contributed by atoms with van der Waals surface area (Å²) in [5.74, 6) is 0. The highest BCUT2D eigenvalue weighted by molar-refractivity contribution is 5.01. The number of aliphatic hydroxyl groups excluding tert-OH is 1. The predicted molar refractivity (Wildman–Crippen MR) is 58.2 cm³/mol. The van der Waals surface area contributed by atoms with Crippen LogP contribution in [0, 0.1) is 5.41 Å². The van der Waals surface area contributed by atoms with Gasteiger partial charge in [-0.25, -0.2) is 0 Å². The molecule has 0 aliphatic heterocycles. The Bertz CT molecular complexity index is 185. The molecule has 2 atom stereocenters. The van der Waals surface area contributed by atoms with Gasteiger partial charge in [0, 0.05) is 12.6 Å². The van der Waals surface area contributed by atoms with E-state index in [-0.39, 0.29) is 6.10 Å². The normalized spacial score (nSPS) is 32.6. The summed E-state index contributed by atoms with van der Waals surface area (Å²) in [6.45, 7) is 2.63. The Morgan fingerprint density at radius 2 is 2.00 bits per heavy atom. The van der Waals surface area contributed by atoms with Crippen molar-refractivity contribution in [2.24, 2.45) is 5.41 Å². The molecule has 1 spiro atoms. The summed E-state index contributed by atoms with van der Waals surface area (Å²) in [5.41, 5.74) is 0.632. The van der Waals surface area contributed by atoms with Crippen LogP contribution in [-0.2, 0) is 0 Å². The highest BCUT2D eigenvalue weighted by Crippen LogP contribution is 2.51. The van der Waals surface area contributed by atoms with Crippen LogP contribution < -0.4 is 5.32 Å². The minimum atomic E-state index is -0.198. The fraction of sp³-hybridized carbons (Fsp3) is 1.00. The van der Waals surface area contributed by atoms with Crippen molar-refractivity contribution in [2.45, 2.75) is 64.0 Å². The van der Waals surface area contributed by atoms with Crippen molar-refractivity contribution in [3.63, 3.8) is 0 Å². The van der Waals surface area contributed by atoms with Gasteiger partial charge in [-0.15, -0.1) is 0 Å². The molecule has 2 saturated carbocycles. The van der Waals surface area contributed by atoms with Crippen molar-refractivity contribution < 1.29 is 5.11 Å². The second-order valence-electron chi connectivity index (χ2n) is 5.27. The van der Waals surface area contributed by atoms with Gasteiger partial charge in [0.1, 0.15) is 0 Å². The average molecular weight is 197 g/mol. The van der Waals surface area contributed by atoms with Gasteiger partial charge in [-0.05, 0) is 38.0 Å². The lowest BCUT2D eigenvalue weighted by atomic mass is 9.57. The molecule has 0 radical (unpaired) electrons. The van der Waals surface area contributed by atoms with E-state index in [2.05, 4.69) is 5.32 Å². The lowest BCUT2D eigenvalue weighted by Crippen LogP contribution is -2.55. The predicted octanol–water partition coefficient (Wildman–Crippen LogP) is 2.07. The monoisotopic (exact) mass is 197 g/mol. The quantitative estimate of drug-likeness (QED) is 0.726. The van der Waals surface area contributed by atoms with Crippen LogP contribution >= 0.6 is 0 Å². The molecule has 0 aromatic heterocycles. The summed E-state index contributed by atoms with van der Waals surface area (Å²) in [7, 11) is 0.